The van der Waals surface area contributed by atoms with Crippen LogP contribution in [0.5, 0.6) is 0 Å². The predicted octanol–water partition coefficient (Wildman–Crippen LogP) is 4.80. The molecule has 1 aliphatic rings. The van der Waals surface area contributed by atoms with E-state index in [1.54, 1.807) is 0 Å². The largest absolute Gasteiger partial charge is 0.328 e. The molecule has 1 aliphatic heterocycles. The Hall–Kier alpha value is -1.99. The van der Waals surface area contributed by atoms with Gasteiger partial charge in [0.2, 0.25) is 0 Å². The Morgan fingerprint density at radius 1 is 1.30 bits per heavy atom. The molecule has 0 saturated carbocycles. The van der Waals surface area contributed by atoms with Crippen LogP contribution in [0.1, 0.15) is 50.7 Å². The lowest BCUT2D eigenvalue weighted by Gasteiger charge is -2.30. The molecule has 1 unspecified atom stereocenters. The van der Waals surface area contributed by atoms with Crippen molar-refractivity contribution in [2.45, 2.75) is 54.0 Å². The molecule has 6 nitrogen and oxygen atoms in total. The average Bonchev–Trinajstić information content (AvgIpc) is 3.24. The minimum absolute atomic E-state index is 0.787. The summed E-state index contributed by atoms with van der Waals surface area (Å²) in [5.74, 6) is 1.58. The molecule has 146 valence electrons. The predicted molar refractivity (Wildman–Crippen MR) is 113 cm³/mol. The molecule has 0 amide bonds. The van der Waals surface area contributed by atoms with Gasteiger partial charge in [-0.25, -0.2) is 9.97 Å². The SMILES string of the molecule is CC.Cc1cn2c(C)cnc2c(Nc2cc(CN3CCCC(C)C3)ns2)n1. The van der Waals surface area contributed by atoms with Crippen LogP contribution in [-0.2, 0) is 6.54 Å². The van der Waals surface area contributed by atoms with Crippen LogP contribution in [0.2, 0.25) is 0 Å². The maximum Gasteiger partial charge on any atom is 0.180 e. The van der Waals surface area contributed by atoms with E-state index in [-0.39, 0.29) is 0 Å². The molecule has 0 spiro atoms. The number of rotatable bonds is 4. The molecule has 1 fully saturated rings. The minimum atomic E-state index is 0.787. The molecule has 1 atom stereocenters. The number of nitrogens with one attached hydrogen (secondary N) is 1. The molecule has 3 aromatic heterocycles. The van der Waals surface area contributed by atoms with E-state index < -0.39 is 0 Å². The van der Waals surface area contributed by atoms with E-state index in [0.29, 0.717) is 0 Å². The Bertz CT molecular complexity index is 884. The number of hydrogen-bond donors (Lipinski definition) is 1. The zero-order valence-electron chi connectivity index (χ0n) is 17.0. The molecular formula is C20H30N6S. The highest BCUT2D eigenvalue weighted by atomic mass is 32.1. The molecule has 7 heteroatoms. The van der Waals surface area contributed by atoms with Crippen LogP contribution in [0.4, 0.5) is 10.8 Å². The van der Waals surface area contributed by atoms with E-state index in [1.807, 2.05) is 40.1 Å². The van der Waals surface area contributed by atoms with Crippen molar-refractivity contribution in [2.75, 3.05) is 18.4 Å². The van der Waals surface area contributed by atoms with Crippen molar-refractivity contribution >= 4 is 28.0 Å². The number of likely N-dealkylation sites (tertiary alicyclic amines) is 1. The molecule has 4 rings (SSSR count). The number of piperidine rings is 1. The second-order valence-electron chi connectivity index (χ2n) is 7.11. The first kappa shape index (κ1) is 19.8. The number of hydrogen-bond acceptors (Lipinski definition) is 6. The highest BCUT2D eigenvalue weighted by Crippen LogP contribution is 2.25. The van der Waals surface area contributed by atoms with Crippen molar-refractivity contribution < 1.29 is 0 Å². The molecule has 4 heterocycles. The van der Waals surface area contributed by atoms with Crippen molar-refractivity contribution in [2.24, 2.45) is 5.92 Å². The maximum absolute atomic E-state index is 4.62. The smallest absolute Gasteiger partial charge is 0.180 e. The summed E-state index contributed by atoms with van der Waals surface area (Å²) in [6.07, 6.45) is 6.52. The van der Waals surface area contributed by atoms with E-state index in [2.05, 4.69) is 41.9 Å². The standard InChI is InChI=1S/C18H24N6S.C2H6/c1-12-5-4-6-23(9-12)11-15-7-16(25-22-15)21-17-18-19-8-14(3)24(18)10-13(2)20-17;1-2/h7-8,10,12H,4-6,9,11H2,1-3H3,(H,20,21);1-2H3. The van der Waals surface area contributed by atoms with Crippen LogP contribution in [0.3, 0.4) is 0 Å². The number of anilines is 2. The molecule has 3 aromatic rings. The number of fused-ring (bicyclic) bond motifs is 1. The third-order valence-electron chi connectivity index (χ3n) is 4.73. The average molecular weight is 387 g/mol. The Morgan fingerprint density at radius 3 is 2.89 bits per heavy atom. The molecule has 0 aromatic carbocycles. The van der Waals surface area contributed by atoms with Crippen LogP contribution in [0.25, 0.3) is 5.65 Å². The fourth-order valence-corrected chi connectivity index (χ4v) is 4.19. The van der Waals surface area contributed by atoms with Gasteiger partial charge in [0.15, 0.2) is 11.5 Å². The number of aryl methyl sites for hydroxylation is 2. The van der Waals surface area contributed by atoms with Gasteiger partial charge in [-0.2, -0.15) is 4.37 Å². The summed E-state index contributed by atoms with van der Waals surface area (Å²) in [5.41, 5.74) is 4.05. The molecule has 1 saturated heterocycles. The highest BCUT2D eigenvalue weighted by Gasteiger charge is 2.17. The van der Waals surface area contributed by atoms with Gasteiger partial charge in [0.05, 0.1) is 11.4 Å². The van der Waals surface area contributed by atoms with Gasteiger partial charge in [-0.05, 0) is 56.8 Å². The lowest BCUT2D eigenvalue weighted by Crippen LogP contribution is -2.33. The third kappa shape index (κ3) is 4.65. The number of nitrogens with zero attached hydrogens (tertiary/aromatic N) is 5. The first-order valence-electron chi connectivity index (χ1n) is 9.85. The Morgan fingerprint density at radius 2 is 2.11 bits per heavy atom. The van der Waals surface area contributed by atoms with Crippen molar-refractivity contribution in [3.05, 3.63) is 35.5 Å². The Balaban J connectivity index is 0.00000102. The topological polar surface area (TPSA) is 58.4 Å². The van der Waals surface area contributed by atoms with Crippen LogP contribution in [-0.4, -0.2) is 36.7 Å². The zero-order chi connectivity index (χ0) is 19.4. The van der Waals surface area contributed by atoms with E-state index >= 15 is 0 Å². The van der Waals surface area contributed by atoms with E-state index in [4.69, 9.17) is 0 Å². The normalized spacial score (nSPS) is 17.6. The summed E-state index contributed by atoms with van der Waals surface area (Å²) >= 11 is 1.49. The molecule has 0 bridgehead atoms. The fraction of sp³-hybridized carbons (Fsp3) is 0.550. The van der Waals surface area contributed by atoms with Gasteiger partial charge < -0.3 is 5.32 Å². The van der Waals surface area contributed by atoms with Gasteiger partial charge in [0.1, 0.15) is 5.00 Å². The summed E-state index contributed by atoms with van der Waals surface area (Å²) in [6.45, 7) is 13.7. The molecule has 0 aliphatic carbocycles. The monoisotopic (exact) mass is 386 g/mol. The van der Waals surface area contributed by atoms with Crippen LogP contribution >= 0.6 is 11.5 Å². The van der Waals surface area contributed by atoms with Gasteiger partial charge in [0, 0.05) is 31.2 Å². The van der Waals surface area contributed by atoms with Crippen LogP contribution in [0.15, 0.2) is 18.5 Å². The lowest BCUT2D eigenvalue weighted by molar-refractivity contribution is 0.175. The van der Waals surface area contributed by atoms with Gasteiger partial charge in [0.25, 0.3) is 0 Å². The van der Waals surface area contributed by atoms with E-state index in [9.17, 15) is 0 Å². The van der Waals surface area contributed by atoms with E-state index in [0.717, 1.165) is 46.0 Å². The van der Waals surface area contributed by atoms with Crippen LogP contribution in [0, 0.1) is 19.8 Å². The molecule has 0 radical (unpaired) electrons. The summed E-state index contributed by atoms with van der Waals surface area (Å²) < 4.78 is 6.69. The second-order valence-corrected chi connectivity index (χ2v) is 7.92. The van der Waals surface area contributed by atoms with E-state index in [1.165, 1.54) is 37.5 Å². The number of imidazole rings is 1. The quantitative estimate of drug-likeness (QED) is 0.698. The Labute approximate surface area is 165 Å². The van der Waals surface area contributed by atoms with Crippen LogP contribution < -0.4 is 5.32 Å². The van der Waals surface area contributed by atoms with Crippen molar-refractivity contribution in [1.29, 1.82) is 0 Å². The van der Waals surface area contributed by atoms with Crippen molar-refractivity contribution in [3.63, 3.8) is 0 Å². The molecular weight excluding hydrogens is 356 g/mol. The third-order valence-corrected chi connectivity index (χ3v) is 5.47. The second kappa shape index (κ2) is 8.80. The number of aromatic nitrogens is 4. The van der Waals surface area contributed by atoms with Gasteiger partial charge in [-0.1, -0.05) is 20.8 Å². The molecule has 27 heavy (non-hydrogen) atoms. The first-order chi connectivity index (χ1) is 13.1. The summed E-state index contributed by atoms with van der Waals surface area (Å²) in [7, 11) is 0. The first-order valence-corrected chi connectivity index (χ1v) is 10.6. The zero-order valence-corrected chi connectivity index (χ0v) is 17.8. The maximum atomic E-state index is 4.62. The summed E-state index contributed by atoms with van der Waals surface area (Å²) in [6, 6.07) is 2.14. The minimum Gasteiger partial charge on any atom is -0.328 e. The summed E-state index contributed by atoms with van der Waals surface area (Å²) in [4.78, 5) is 11.6. The van der Waals surface area contributed by atoms with Gasteiger partial charge >= 0.3 is 0 Å². The van der Waals surface area contributed by atoms with Gasteiger partial charge in [-0.3, -0.25) is 9.30 Å². The highest BCUT2D eigenvalue weighted by molar-refractivity contribution is 7.10. The Kier molecular flexibility index (Phi) is 6.44. The van der Waals surface area contributed by atoms with Crippen molar-refractivity contribution in [3.8, 4) is 0 Å². The lowest BCUT2D eigenvalue weighted by atomic mass is 10.0. The summed E-state index contributed by atoms with van der Waals surface area (Å²) in [5, 5.41) is 4.43. The van der Waals surface area contributed by atoms with Crippen molar-refractivity contribution in [1.82, 2.24) is 23.6 Å². The fourth-order valence-electron chi connectivity index (χ4n) is 3.53. The van der Waals surface area contributed by atoms with Gasteiger partial charge in [-0.15, -0.1) is 0 Å². The molecule has 1 N–H and O–H groups in total.